The van der Waals surface area contributed by atoms with Gasteiger partial charge < -0.3 is 10.6 Å². The number of nitrogens with zero attached hydrogens (tertiary/aromatic N) is 1. The quantitative estimate of drug-likeness (QED) is 0.635. The molecular weight excluding hydrogens is 290 g/mol. The molecule has 7 heteroatoms. The molecule has 2 N–H and O–H groups in total. The van der Waals surface area contributed by atoms with Crippen molar-refractivity contribution in [2.75, 3.05) is 11.9 Å². The summed E-state index contributed by atoms with van der Waals surface area (Å²) in [5.41, 5.74) is 0.537. The molecule has 0 aliphatic rings. The van der Waals surface area contributed by atoms with Gasteiger partial charge in [0.05, 0.1) is 17.5 Å². The van der Waals surface area contributed by atoms with Gasteiger partial charge in [-0.05, 0) is 24.4 Å². The molecule has 0 saturated carbocycles. The Morgan fingerprint density at radius 1 is 1.38 bits per heavy atom. The Kier molecular flexibility index (Phi) is 4.89. The van der Waals surface area contributed by atoms with Crippen molar-refractivity contribution in [3.63, 3.8) is 0 Å². The van der Waals surface area contributed by atoms with Crippen molar-refractivity contribution >= 4 is 28.6 Å². The van der Waals surface area contributed by atoms with E-state index in [-0.39, 0.29) is 24.2 Å². The maximum absolute atomic E-state index is 11.8. The second-order valence-corrected chi connectivity index (χ2v) is 5.44. The summed E-state index contributed by atoms with van der Waals surface area (Å²) in [6, 6.07) is 9.91. The second-order valence-electron chi connectivity index (χ2n) is 4.47. The molecule has 110 valence electrons. The average molecular weight is 305 g/mol. The van der Waals surface area contributed by atoms with Crippen molar-refractivity contribution in [2.24, 2.45) is 0 Å². The van der Waals surface area contributed by atoms with Crippen LogP contribution in [0.4, 0.5) is 11.4 Å². The standard InChI is InChI=1S/C14H15N3O3S/c1-10(13-6-3-7-21-13)16-14(18)9-15-11-4-2-5-12(8-11)17(19)20/h2-8,10,15H,9H2,1H3,(H,16,18)/t10-/m0/s1. The number of nitrogens with one attached hydrogen (secondary N) is 2. The maximum atomic E-state index is 11.8. The first-order chi connectivity index (χ1) is 10.1. The minimum absolute atomic E-state index is 0.00707. The number of non-ortho nitro benzene ring substituents is 1. The van der Waals surface area contributed by atoms with Crippen LogP contribution in [-0.4, -0.2) is 17.4 Å². The van der Waals surface area contributed by atoms with Crippen LogP contribution in [-0.2, 0) is 4.79 Å². The highest BCUT2D eigenvalue weighted by Gasteiger charge is 2.11. The van der Waals surface area contributed by atoms with Crippen LogP contribution in [0.2, 0.25) is 0 Å². The summed E-state index contributed by atoms with van der Waals surface area (Å²) in [7, 11) is 0. The van der Waals surface area contributed by atoms with Crippen LogP contribution < -0.4 is 10.6 Å². The molecule has 6 nitrogen and oxygen atoms in total. The molecule has 1 amide bonds. The van der Waals surface area contributed by atoms with Gasteiger partial charge in [-0.25, -0.2) is 0 Å². The highest BCUT2D eigenvalue weighted by Crippen LogP contribution is 2.18. The topological polar surface area (TPSA) is 84.3 Å². The van der Waals surface area contributed by atoms with E-state index in [1.165, 1.54) is 12.1 Å². The first kappa shape index (κ1) is 15.0. The van der Waals surface area contributed by atoms with Crippen molar-refractivity contribution in [3.05, 3.63) is 56.8 Å². The molecule has 0 fully saturated rings. The fraction of sp³-hybridized carbons (Fsp3) is 0.214. The van der Waals surface area contributed by atoms with Gasteiger partial charge in [-0.1, -0.05) is 12.1 Å². The molecule has 0 unspecified atom stereocenters. The predicted molar refractivity (Wildman–Crippen MR) is 82.5 cm³/mol. The van der Waals surface area contributed by atoms with E-state index in [1.54, 1.807) is 23.5 Å². The summed E-state index contributed by atoms with van der Waals surface area (Å²) in [6.45, 7) is 1.98. The summed E-state index contributed by atoms with van der Waals surface area (Å²) in [4.78, 5) is 23.1. The number of anilines is 1. The van der Waals surface area contributed by atoms with Gasteiger partial charge in [0.1, 0.15) is 0 Å². The molecule has 1 aromatic carbocycles. The fourth-order valence-electron chi connectivity index (χ4n) is 1.81. The van der Waals surface area contributed by atoms with E-state index < -0.39 is 4.92 Å². The van der Waals surface area contributed by atoms with Crippen LogP contribution in [0.3, 0.4) is 0 Å². The lowest BCUT2D eigenvalue weighted by molar-refractivity contribution is -0.384. The van der Waals surface area contributed by atoms with Crippen LogP contribution >= 0.6 is 11.3 Å². The molecule has 0 aliphatic heterocycles. The molecule has 0 bridgehead atoms. The van der Waals surface area contributed by atoms with Gasteiger partial charge in [0.15, 0.2) is 0 Å². The largest absolute Gasteiger partial charge is 0.376 e. The van der Waals surface area contributed by atoms with Crippen LogP contribution in [0, 0.1) is 10.1 Å². The van der Waals surface area contributed by atoms with Gasteiger partial charge in [-0.3, -0.25) is 14.9 Å². The lowest BCUT2D eigenvalue weighted by Gasteiger charge is -2.13. The molecule has 0 saturated heterocycles. The van der Waals surface area contributed by atoms with E-state index in [0.29, 0.717) is 5.69 Å². The molecular formula is C14H15N3O3S. The van der Waals surface area contributed by atoms with Gasteiger partial charge in [-0.2, -0.15) is 0 Å². The van der Waals surface area contributed by atoms with Crippen LogP contribution in [0.15, 0.2) is 41.8 Å². The Morgan fingerprint density at radius 3 is 2.86 bits per heavy atom. The third-order valence-corrected chi connectivity index (χ3v) is 3.91. The lowest BCUT2D eigenvalue weighted by Crippen LogP contribution is -2.31. The molecule has 0 spiro atoms. The lowest BCUT2D eigenvalue weighted by atomic mass is 10.2. The van der Waals surface area contributed by atoms with Crippen molar-refractivity contribution in [3.8, 4) is 0 Å². The van der Waals surface area contributed by atoms with E-state index in [0.717, 1.165) is 4.88 Å². The number of nitro benzene ring substituents is 1. The summed E-state index contributed by atoms with van der Waals surface area (Å²) in [5, 5.41) is 18.4. The fourth-order valence-corrected chi connectivity index (χ4v) is 2.55. The molecule has 0 aliphatic carbocycles. The van der Waals surface area contributed by atoms with Crippen molar-refractivity contribution in [2.45, 2.75) is 13.0 Å². The summed E-state index contributed by atoms with van der Waals surface area (Å²) in [5.74, 6) is -0.164. The Balaban J connectivity index is 1.86. The number of hydrogen-bond acceptors (Lipinski definition) is 5. The van der Waals surface area contributed by atoms with E-state index in [2.05, 4.69) is 10.6 Å². The van der Waals surface area contributed by atoms with Gasteiger partial charge in [0, 0.05) is 22.7 Å². The first-order valence-corrected chi connectivity index (χ1v) is 7.25. The van der Waals surface area contributed by atoms with Gasteiger partial charge in [-0.15, -0.1) is 11.3 Å². The Bertz CT molecular complexity index is 628. The number of hydrogen-bond donors (Lipinski definition) is 2. The molecule has 2 rings (SSSR count). The maximum Gasteiger partial charge on any atom is 0.271 e. The highest BCUT2D eigenvalue weighted by molar-refractivity contribution is 7.10. The number of carbonyl (C=O) groups is 1. The highest BCUT2D eigenvalue weighted by atomic mass is 32.1. The molecule has 0 radical (unpaired) electrons. The first-order valence-electron chi connectivity index (χ1n) is 6.37. The minimum atomic E-state index is -0.468. The smallest absolute Gasteiger partial charge is 0.271 e. The molecule has 1 aromatic heterocycles. The Morgan fingerprint density at radius 2 is 2.19 bits per heavy atom. The zero-order valence-corrected chi connectivity index (χ0v) is 12.2. The number of thiophene rings is 1. The van der Waals surface area contributed by atoms with Gasteiger partial charge in [0.25, 0.3) is 5.69 Å². The SMILES string of the molecule is C[C@H](NC(=O)CNc1cccc([N+](=O)[O-])c1)c1cccs1. The summed E-state index contributed by atoms with van der Waals surface area (Å²) < 4.78 is 0. The predicted octanol–water partition coefficient (Wildman–Crippen LogP) is 2.95. The third kappa shape index (κ3) is 4.28. The number of carbonyl (C=O) groups excluding carboxylic acids is 1. The van der Waals surface area contributed by atoms with Crippen LogP contribution in [0.5, 0.6) is 0 Å². The monoisotopic (exact) mass is 305 g/mol. The van der Waals surface area contributed by atoms with Crippen molar-refractivity contribution < 1.29 is 9.72 Å². The number of benzene rings is 1. The summed E-state index contributed by atoms with van der Waals surface area (Å²) in [6.07, 6.45) is 0. The number of amides is 1. The minimum Gasteiger partial charge on any atom is -0.376 e. The zero-order valence-electron chi connectivity index (χ0n) is 11.4. The molecule has 1 atom stereocenters. The number of rotatable bonds is 6. The second kappa shape index (κ2) is 6.85. The average Bonchev–Trinajstić information content (AvgIpc) is 2.99. The Hall–Kier alpha value is -2.41. The third-order valence-electron chi connectivity index (χ3n) is 2.86. The van der Waals surface area contributed by atoms with E-state index in [4.69, 9.17) is 0 Å². The molecule has 21 heavy (non-hydrogen) atoms. The van der Waals surface area contributed by atoms with Crippen LogP contribution in [0.1, 0.15) is 17.8 Å². The van der Waals surface area contributed by atoms with Crippen molar-refractivity contribution in [1.29, 1.82) is 0 Å². The normalized spacial score (nSPS) is 11.7. The number of nitro groups is 1. The van der Waals surface area contributed by atoms with Gasteiger partial charge in [0.2, 0.25) is 5.91 Å². The molecule has 2 aromatic rings. The van der Waals surface area contributed by atoms with Gasteiger partial charge >= 0.3 is 0 Å². The Labute approximate surface area is 126 Å². The van der Waals surface area contributed by atoms with E-state index >= 15 is 0 Å². The van der Waals surface area contributed by atoms with Crippen LogP contribution in [0.25, 0.3) is 0 Å². The zero-order chi connectivity index (χ0) is 15.2. The van der Waals surface area contributed by atoms with Crippen molar-refractivity contribution in [1.82, 2.24) is 5.32 Å². The van der Waals surface area contributed by atoms with E-state index in [9.17, 15) is 14.9 Å². The van der Waals surface area contributed by atoms with E-state index in [1.807, 2.05) is 24.4 Å². The molecule has 1 heterocycles. The summed E-state index contributed by atoms with van der Waals surface area (Å²) >= 11 is 1.58.